The van der Waals surface area contributed by atoms with E-state index in [1.54, 1.807) is 17.4 Å². The lowest BCUT2D eigenvalue weighted by atomic mass is 10.1. The molecule has 1 aliphatic heterocycles. The van der Waals surface area contributed by atoms with Crippen LogP contribution in [0, 0.1) is 0 Å². The van der Waals surface area contributed by atoms with Crippen molar-refractivity contribution >= 4 is 22.2 Å². The van der Waals surface area contributed by atoms with E-state index in [4.69, 9.17) is 0 Å². The molecule has 0 aliphatic carbocycles. The van der Waals surface area contributed by atoms with Crippen molar-refractivity contribution in [1.29, 1.82) is 0 Å². The Kier molecular flexibility index (Phi) is 4.63. The molecule has 0 spiro atoms. The zero-order valence-electron chi connectivity index (χ0n) is 13.8. The third-order valence-corrected chi connectivity index (χ3v) is 5.21. The summed E-state index contributed by atoms with van der Waals surface area (Å²) in [5, 5.41) is 0.831. The Morgan fingerprint density at radius 2 is 1.74 bits per heavy atom. The molecule has 1 aromatic carbocycles. The maximum atomic E-state index is 12.0. The Labute approximate surface area is 140 Å². The minimum atomic E-state index is -0.163. The van der Waals surface area contributed by atoms with Crippen LogP contribution in [0.1, 0.15) is 0 Å². The van der Waals surface area contributed by atoms with Gasteiger partial charge in [-0.2, -0.15) is 4.98 Å². The first-order chi connectivity index (χ1) is 11.0. The average Bonchev–Trinajstić information content (AvgIpc) is 2.55. The van der Waals surface area contributed by atoms with Gasteiger partial charge in [-0.05, 0) is 24.7 Å². The first-order valence-electron chi connectivity index (χ1n) is 7.76. The van der Waals surface area contributed by atoms with E-state index in [1.807, 2.05) is 14.1 Å². The highest BCUT2D eigenvalue weighted by molar-refractivity contribution is 7.18. The van der Waals surface area contributed by atoms with Crippen LogP contribution in [0.4, 0.5) is 10.8 Å². The molecule has 1 saturated heterocycles. The Balaban J connectivity index is 1.89. The summed E-state index contributed by atoms with van der Waals surface area (Å²) in [6.45, 7) is 3.85. The molecule has 1 aliphatic rings. The van der Waals surface area contributed by atoms with Crippen LogP contribution >= 0.6 is 11.3 Å². The summed E-state index contributed by atoms with van der Waals surface area (Å²) in [7, 11) is 6.16. The Bertz CT molecular complexity index is 718. The number of likely N-dealkylation sites (N-methyl/N-ethyl adjacent to an activating group) is 1. The van der Waals surface area contributed by atoms with E-state index in [0.717, 1.165) is 47.4 Å². The first-order valence-corrected chi connectivity index (χ1v) is 8.58. The van der Waals surface area contributed by atoms with Gasteiger partial charge in [0.2, 0.25) is 0 Å². The minimum absolute atomic E-state index is 0.163. The summed E-state index contributed by atoms with van der Waals surface area (Å²) < 4.78 is 0. The summed E-state index contributed by atoms with van der Waals surface area (Å²) in [4.78, 5) is 23.8. The number of piperazine rings is 1. The van der Waals surface area contributed by atoms with Crippen LogP contribution in [0.25, 0.3) is 10.4 Å². The lowest BCUT2D eigenvalue weighted by molar-refractivity contribution is 0.312. The van der Waals surface area contributed by atoms with Gasteiger partial charge in [-0.3, -0.25) is 4.79 Å². The van der Waals surface area contributed by atoms with Gasteiger partial charge in [0.15, 0.2) is 5.13 Å². The van der Waals surface area contributed by atoms with E-state index in [0.29, 0.717) is 0 Å². The molecule has 6 heteroatoms. The van der Waals surface area contributed by atoms with Crippen molar-refractivity contribution in [1.82, 2.24) is 9.88 Å². The predicted molar refractivity (Wildman–Crippen MR) is 97.9 cm³/mol. The number of rotatable bonds is 3. The summed E-state index contributed by atoms with van der Waals surface area (Å²) >= 11 is 1.59. The van der Waals surface area contributed by atoms with Gasteiger partial charge in [0.25, 0.3) is 5.56 Å². The second kappa shape index (κ2) is 6.68. The van der Waals surface area contributed by atoms with Gasteiger partial charge < -0.3 is 14.7 Å². The van der Waals surface area contributed by atoms with Crippen LogP contribution < -0.4 is 15.4 Å². The van der Waals surface area contributed by atoms with Crippen LogP contribution in [0.2, 0.25) is 0 Å². The number of nitrogens with zero attached hydrogens (tertiary/aromatic N) is 4. The zero-order valence-corrected chi connectivity index (χ0v) is 14.6. The molecule has 23 heavy (non-hydrogen) atoms. The van der Waals surface area contributed by atoms with E-state index in [-0.39, 0.29) is 5.56 Å². The monoisotopic (exact) mass is 330 g/mol. The molecule has 2 aromatic rings. The van der Waals surface area contributed by atoms with Gasteiger partial charge in [0.05, 0.1) is 0 Å². The number of benzene rings is 1. The van der Waals surface area contributed by atoms with Crippen molar-refractivity contribution in [2.45, 2.75) is 0 Å². The Hall–Kier alpha value is -1.92. The lowest BCUT2D eigenvalue weighted by Gasteiger charge is -2.32. The normalized spacial score (nSPS) is 15.7. The highest BCUT2D eigenvalue weighted by atomic mass is 32.1. The summed E-state index contributed by atoms with van der Waals surface area (Å²) in [6, 6.07) is 9.91. The molecule has 0 atom stereocenters. The Morgan fingerprint density at radius 1 is 1.09 bits per heavy atom. The Morgan fingerprint density at radius 3 is 2.35 bits per heavy atom. The van der Waals surface area contributed by atoms with Gasteiger partial charge in [-0.1, -0.05) is 23.5 Å². The summed E-state index contributed by atoms with van der Waals surface area (Å²) in [5.41, 5.74) is 2.05. The SMILES string of the molecule is CN1CCN(c2nc(=O)cc(-c3ccc(N(C)C)cc3)s2)CC1. The van der Waals surface area contributed by atoms with Gasteiger partial charge in [-0.15, -0.1) is 0 Å². The maximum absolute atomic E-state index is 12.0. The molecule has 2 heterocycles. The molecule has 0 radical (unpaired) electrons. The lowest BCUT2D eigenvalue weighted by Crippen LogP contribution is -2.44. The van der Waals surface area contributed by atoms with E-state index in [2.05, 4.69) is 51.0 Å². The molecule has 0 N–H and O–H groups in total. The number of aromatic nitrogens is 1. The van der Waals surface area contributed by atoms with Crippen LogP contribution in [-0.4, -0.2) is 57.2 Å². The highest BCUT2D eigenvalue weighted by Crippen LogP contribution is 2.29. The van der Waals surface area contributed by atoms with Crippen LogP contribution in [-0.2, 0) is 0 Å². The standard InChI is InChI=1S/C17H22N4OS/c1-19(2)14-6-4-13(5-7-14)15-12-16(22)18-17(23-15)21-10-8-20(3)9-11-21/h4-7,12H,8-11H2,1-3H3. The quantitative estimate of drug-likeness (QED) is 0.861. The van der Waals surface area contributed by atoms with Crippen molar-refractivity contribution < 1.29 is 0 Å². The van der Waals surface area contributed by atoms with Crippen molar-refractivity contribution in [3.8, 4) is 10.4 Å². The van der Waals surface area contributed by atoms with E-state index < -0.39 is 0 Å². The molecule has 122 valence electrons. The minimum Gasteiger partial charge on any atom is -0.378 e. The maximum Gasteiger partial charge on any atom is 0.273 e. The highest BCUT2D eigenvalue weighted by Gasteiger charge is 2.17. The van der Waals surface area contributed by atoms with E-state index >= 15 is 0 Å². The van der Waals surface area contributed by atoms with Gasteiger partial charge in [0, 0.05) is 56.9 Å². The zero-order chi connectivity index (χ0) is 16.4. The molecular weight excluding hydrogens is 308 g/mol. The van der Waals surface area contributed by atoms with Crippen LogP contribution in [0.15, 0.2) is 35.1 Å². The largest absolute Gasteiger partial charge is 0.378 e. The fourth-order valence-electron chi connectivity index (χ4n) is 2.59. The summed E-state index contributed by atoms with van der Waals surface area (Å²) in [5.74, 6) is 0. The molecule has 0 amide bonds. The molecule has 0 saturated carbocycles. The number of hydrogen-bond acceptors (Lipinski definition) is 6. The van der Waals surface area contributed by atoms with Gasteiger partial charge in [-0.25, -0.2) is 0 Å². The molecular formula is C17H22N4OS. The molecule has 3 rings (SSSR count). The van der Waals surface area contributed by atoms with Gasteiger partial charge in [0.1, 0.15) is 0 Å². The van der Waals surface area contributed by atoms with E-state index in [1.165, 1.54) is 0 Å². The third-order valence-electron chi connectivity index (χ3n) is 4.10. The van der Waals surface area contributed by atoms with Crippen LogP contribution in [0.5, 0.6) is 0 Å². The van der Waals surface area contributed by atoms with Crippen molar-refractivity contribution in [2.24, 2.45) is 0 Å². The fourth-order valence-corrected chi connectivity index (χ4v) is 3.65. The second-order valence-electron chi connectivity index (χ2n) is 6.07. The number of hydrogen-bond donors (Lipinski definition) is 0. The topological polar surface area (TPSA) is 39.7 Å². The first kappa shape index (κ1) is 16.0. The molecule has 5 nitrogen and oxygen atoms in total. The predicted octanol–water partition coefficient (Wildman–Crippen LogP) is 1.99. The second-order valence-corrected chi connectivity index (χ2v) is 7.08. The van der Waals surface area contributed by atoms with Crippen molar-refractivity contribution in [2.75, 3.05) is 57.1 Å². The smallest absolute Gasteiger partial charge is 0.273 e. The molecule has 0 unspecified atom stereocenters. The molecule has 0 bridgehead atoms. The third kappa shape index (κ3) is 3.71. The molecule has 1 aromatic heterocycles. The average molecular weight is 330 g/mol. The van der Waals surface area contributed by atoms with Gasteiger partial charge >= 0.3 is 0 Å². The summed E-state index contributed by atoms with van der Waals surface area (Å²) in [6.07, 6.45) is 0. The van der Waals surface area contributed by atoms with Crippen molar-refractivity contribution in [3.05, 3.63) is 40.7 Å². The number of anilines is 2. The van der Waals surface area contributed by atoms with Crippen molar-refractivity contribution in [3.63, 3.8) is 0 Å². The molecule has 1 fully saturated rings. The van der Waals surface area contributed by atoms with E-state index in [9.17, 15) is 4.79 Å². The van der Waals surface area contributed by atoms with Crippen LogP contribution in [0.3, 0.4) is 0 Å². The fraction of sp³-hybridized carbons (Fsp3) is 0.412.